The monoisotopic (exact) mass is 351 g/mol. The summed E-state index contributed by atoms with van der Waals surface area (Å²) in [4.78, 5) is 13.7. The number of fused-ring (bicyclic) bond motifs is 1. The van der Waals surface area contributed by atoms with E-state index in [-0.39, 0.29) is 6.04 Å². The summed E-state index contributed by atoms with van der Waals surface area (Å²) in [5.74, 6) is 1.49. The van der Waals surface area contributed by atoms with Crippen molar-refractivity contribution < 1.29 is 0 Å². The molecule has 1 aliphatic rings. The van der Waals surface area contributed by atoms with Crippen LogP contribution in [-0.2, 0) is 12.8 Å². The summed E-state index contributed by atoms with van der Waals surface area (Å²) in [6, 6.07) is 11.6. The molecule has 25 heavy (non-hydrogen) atoms. The average Bonchev–Trinajstić information content (AvgIpc) is 2.64. The fourth-order valence-corrected chi connectivity index (χ4v) is 3.16. The predicted octanol–water partition coefficient (Wildman–Crippen LogP) is 3.75. The zero-order valence-electron chi connectivity index (χ0n) is 13.6. The van der Waals surface area contributed by atoms with Crippen molar-refractivity contribution >= 4 is 23.1 Å². The number of hydrogen-bond donors (Lipinski definition) is 2. The molecule has 1 atom stereocenters. The highest BCUT2D eigenvalue weighted by atomic mass is 35.5. The first-order valence-electron chi connectivity index (χ1n) is 8.27. The summed E-state index contributed by atoms with van der Waals surface area (Å²) in [7, 11) is 0. The molecule has 3 aromatic rings. The van der Waals surface area contributed by atoms with E-state index < -0.39 is 0 Å². The molecular weight excluding hydrogens is 334 g/mol. The van der Waals surface area contributed by atoms with Crippen LogP contribution in [0.15, 0.2) is 48.8 Å². The van der Waals surface area contributed by atoms with Crippen molar-refractivity contribution in [2.24, 2.45) is 5.73 Å². The molecule has 0 amide bonds. The van der Waals surface area contributed by atoms with Gasteiger partial charge in [-0.3, -0.25) is 4.98 Å². The molecule has 0 saturated carbocycles. The van der Waals surface area contributed by atoms with E-state index in [0.29, 0.717) is 10.8 Å². The third-order valence-corrected chi connectivity index (χ3v) is 4.59. The molecule has 4 rings (SSSR count). The number of benzene rings is 1. The first-order chi connectivity index (χ1) is 12.2. The van der Waals surface area contributed by atoms with Crippen molar-refractivity contribution in [3.8, 4) is 11.4 Å². The van der Waals surface area contributed by atoms with Gasteiger partial charge in [-0.25, -0.2) is 9.97 Å². The van der Waals surface area contributed by atoms with E-state index in [4.69, 9.17) is 27.3 Å². The van der Waals surface area contributed by atoms with Crippen LogP contribution in [0.3, 0.4) is 0 Å². The first-order valence-corrected chi connectivity index (χ1v) is 8.65. The van der Waals surface area contributed by atoms with Crippen molar-refractivity contribution in [3.63, 3.8) is 0 Å². The SMILES string of the molecule is N[C@@H]1CCc2nc(-c3cccnc3)nc(Nc3ccc(Cl)cc3)c2C1. The van der Waals surface area contributed by atoms with Crippen LogP contribution in [0.5, 0.6) is 0 Å². The normalized spacial score (nSPS) is 16.3. The van der Waals surface area contributed by atoms with Crippen LogP contribution in [-0.4, -0.2) is 21.0 Å². The van der Waals surface area contributed by atoms with Crippen molar-refractivity contribution in [1.82, 2.24) is 15.0 Å². The molecule has 5 nitrogen and oxygen atoms in total. The van der Waals surface area contributed by atoms with Gasteiger partial charge in [-0.2, -0.15) is 0 Å². The molecule has 0 saturated heterocycles. The van der Waals surface area contributed by atoms with E-state index in [2.05, 4.69) is 10.3 Å². The zero-order valence-corrected chi connectivity index (χ0v) is 14.4. The van der Waals surface area contributed by atoms with Crippen LogP contribution in [0.25, 0.3) is 11.4 Å². The topological polar surface area (TPSA) is 76.7 Å². The number of halogens is 1. The summed E-state index contributed by atoms with van der Waals surface area (Å²) in [5, 5.41) is 4.11. The fourth-order valence-electron chi connectivity index (χ4n) is 3.04. The van der Waals surface area contributed by atoms with Crippen LogP contribution in [0.2, 0.25) is 5.02 Å². The second-order valence-electron chi connectivity index (χ2n) is 6.20. The second kappa shape index (κ2) is 6.78. The molecule has 3 N–H and O–H groups in total. The molecular formula is C19H18ClN5. The highest BCUT2D eigenvalue weighted by molar-refractivity contribution is 6.30. The highest BCUT2D eigenvalue weighted by Gasteiger charge is 2.22. The Hall–Kier alpha value is -2.50. The van der Waals surface area contributed by atoms with Gasteiger partial charge in [-0.15, -0.1) is 0 Å². The quantitative estimate of drug-likeness (QED) is 0.751. The number of aryl methyl sites for hydroxylation is 1. The minimum absolute atomic E-state index is 0.145. The minimum atomic E-state index is 0.145. The highest BCUT2D eigenvalue weighted by Crippen LogP contribution is 2.30. The number of pyridine rings is 1. The Morgan fingerprint density at radius 3 is 2.72 bits per heavy atom. The molecule has 0 aliphatic heterocycles. The number of nitrogens with one attached hydrogen (secondary N) is 1. The lowest BCUT2D eigenvalue weighted by Gasteiger charge is -2.24. The molecule has 1 aliphatic carbocycles. The third kappa shape index (κ3) is 3.48. The van der Waals surface area contributed by atoms with E-state index in [1.165, 1.54) is 0 Å². The van der Waals surface area contributed by atoms with E-state index in [1.807, 2.05) is 36.4 Å². The molecule has 6 heteroatoms. The van der Waals surface area contributed by atoms with E-state index >= 15 is 0 Å². The van der Waals surface area contributed by atoms with Gasteiger partial charge >= 0.3 is 0 Å². The maximum atomic E-state index is 6.17. The van der Waals surface area contributed by atoms with Crippen molar-refractivity contribution in [2.75, 3.05) is 5.32 Å². The van der Waals surface area contributed by atoms with Crippen molar-refractivity contribution in [2.45, 2.75) is 25.3 Å². The van der Waals surface area contributed by atoms with E-state index in [1.54, 1.807) is 12.4 Å². The summed E-state index contributed by atoms with van der Waals surface area (Å²) in [6.45, 7) is 0. The Kier molecular flexibility index (Phi) is 4.34. The average molecular weight is 352 g/mol. The Morgan fingerprint density at radius 2 is 1.96 bits per heavy atom. The van der Waals surface area contributed by atoms with Crippen LogP contribution in [0.1, 0.15) is 17.7 Å². The Balaban J connectivity index is 1.78. The number of nitrogens with zero attached hydrogens (tertiary/aromatic N) is 3. The molecule has 1 aromatic carbocycles. The van der Waals surface area contributed by atoms with Crippen LogP contribution >= 0.6 is 11.6 Å². The number of aromatic nitrogens is 3. The molecule has 2 heterocycles. The Bertz CT molecular complexity index is 880. The van der Waals surface area contributed by atoms with Gasteiger partial charge < -0.3 is 11.1 Å². The van der Waals surface area contributed by atoms with Crippen molar-refractivity contribution in [3.05, 3.63) is 65.1 Å². The molecule has 0 bridgehead atoms. The summed E-state index contributed by atoms with van der Waals surface area (Å²) in [6.07, 6.45) is 6.10. The molecule has 0 unspecified atom stereocenters. The Labute approximate surface area is 151 Å². The van der Waals surface area contributed by atoms with Gasteiger partial charge in [-0.1, -0.05) is 11.6 Å². The third-order valence-electron chi connectivity index (χ3n) is 4.34. The van der Waals surface area contributed by atoms with Gasteiger partial charge in [0.1, 0.15) is 5.82 Å². The summed E-state index contributed by atoms with van der Waals surface area (Å²) < 4.78 is 0. The van der Waals surface area contributed by atoms with Gasteiger partial charge in [0.15, 0.2) is 5.82 Å². The summed E-state index contributed by atoms with van der Waals surface area (Å²) in [5.41, 5.74) is 10.2. The number of hydrogen-bond acceptors (Lipinski definition) is 5. The van der Waals surface area contributed by atoms with Crippen LogP contribution in [0, 0.1) is 0 Å². The molecule has 126 valence electrons. The van der Waals surface area contributed by atoms with E-state index in [0.717, 1.165) is 47.6 Å². The zero-order chi connectivity index (χ0) is 17.2. The fraction of sp³-hybridized carbons (Fsp3) is 0.211. The second-order valence-corrected chi connectivity index (χ2v) is 6.63. The first kappa shape index (κ1) is 16.0. The summed E-state index contributed by atoms with van der Waals surface area (Å²) >= 11 is 5.98. The lowest BCUT2D eigenvalue weighted by Crippen LogP contribution is -2.29. The van der Waals surface area contributed by atoms with Crippen LogP contribution in [0.4, 0.5) is 11.5 Å². The lowest BCUT2D eigenvalue weighted by atomic mass is 9.92. The molecule has 0 radical (unpaired) electrons. The van der Waals surface area contributed by atoms with Gasteiger partial charge in [0.05, 0.1) is 0 Å². The van der Waals surface area contributed by atoms with Gasteiger partial charge in [0.2, 0.25) is 0 Å². The standard InChI is InChI=1S/C19H18ClN5/c20-13-3-6-15(7-4-13)23-19-16-10-14(21)5-8-17(16)24-18(25-19)12-2-1-9-22-11-12/h1-4,6-7,9,11,14H,5,8,10,21H2,(H,23,24,25)/t14-/m1/s1. The van der Waals surface area contributed by atoms with E-state index in [9.17, 15) is 0 Å². The smallest absolute Gasteiger partial charge is 0.163 e. The number of anilines is 2. The molecule has 2 aromatic heterocycles. The van der Waals surface area contributed by atoms with Gasteiger partial charge in [-0.05, 0) is 55.7 Å². The maximum absolute atomic E-state index is 6.17. The maximum Gasteiger partial charge on any atom is 0.163 e. The Morgan fingerprint density at radius 1 is 1.12 bits per heavy atom. The lowest BCUT2D eigenvalue weighted by molar-refractivity contribution is 0.566. The van der Waals surface area contributed by atoms with Gasteiger partial charge in [0.25, 0.3) is 0 Å². The number of rotatable bonds is 3. The van der Waals surface area contributed by atoms with Gasteiger partial charge in [0, 0.05) is 46.0 Å². The number of nitrogens with two attached hydrogens (primary N) is 1. The molecule has 0 spiro atoms. The minimum Gasteiger partial charge on any atom is -0.340 e. The predicted molar refractivity (Wildman–Crippen MR) is 100.0 cm³/mol. The molecule has 0 fully saturated rings. The van der Waals surface area contributed by atoms with Crippen LogP contribution < -0.4 is 11.1 Å². The van der Waals surface area contributed by atoms with Crippen molar-refractivity contribution in [1.29, 1.82) is 0 Å². The largest absolute Gasteiger partial charge is 0.340 e.